The summed E-state index contributed by atoms with van der Waals surface area (Å²) in [6, 6.07) is 13.6. The molecule has 0 atom stereocenters. The Morgan fingerprint density at radius 1 is 1.16 bits per heavy atom. The first-order valence-corrected chi connectivity index (χ1v) is 6.53. The van der Waals surface area contributed by atoms with Crippen molar-refractivity contribution in [3.05, 3.63) is 59.4 Å². The van der Waals surface area contributed by atoms with Gasteiger partial charge in [-0.15, -0.1) is 0 Å². The largest absolute Gasteiger partial charge is 0.477 e. The van der Waals surface area contributed by atoms with Crippen LogP contribution in [0.15, 0.2) is 42.5 Å². The van der Waals surface area contributed by atoms with E-state index in [-0.39, 0.29) is 0 Å². The standard InChI is InChI=1S/C16H19NO2/c1-12(2)10-14-8-9-15(16(18)19)17(14)11-13-6-4-3-5-7-13/h3-9,12H,10-11H2,1-2H3,(H,18,19). The normalized spacial score (nSPS) is 10.9. The molecular formula is C16H19NO2. The van der Waals surface area contributed by atoms with E-state index in [1.807, 2.05) is 41.0 Å². The summed E-state index contributed by atoms with van der Waals surface area (Å²) < 4.78 is 1.90. The van der Waals surface area contributed by atoms with Crippen molar-refractivity contribution in [2.45, 2.75) is 26.8 Å². The number of aromatic carboxylic acids is 1. The van der Waals surface area contributed by atoms with Crippen LogP contribution in [0.25, 0.3) is 0 Å². The summed E-state index contributed by atoms with van der Waals surface area (Å²) in [5, 5.41) is 9.27. The average Bonchev–Trinajstić information content (AvgIpc) is 2.73. The molecule has 1 heterocycles. The molecule has 2 rings (SSSR count). The van der Waals surface area contributed by atoms with Crippen LogP contribution >= 0.6 is 0 Å². The third-order valence-corrected chi connectivity index (χ3v) is 3.09. The van der Waals surface area contributed by atoms with E-state index in [0.717, 1.165) is 17.7 Å². The second kappa shape index (κ2) is 5.74. The summed E-state index contributed by atoms with van der Waals surface area (Å²) in [5.41, 5.74) is 2.56. The molecule has 0 fully saturated rings. The Labute approximate surface area is 113 Å². The summed E-state index contributed by atoms with van der Waals surface area (Å²) in [4.78, 5) is 11.3. The highest BCUT2D eigenvalue weighted by molar-refractivity contribution is 5.86. The van der Waals surface area contributed by atoms with Crippen molar-refractivity contribution in [3.8, 4) is 0 Å². The smallest absolute Gasteiger partial charge is 0.352 e. The van der Waals surface area contributed by atoms with Crippen LogP contribution < -0.4 is 0 Å². The van der Waals surface area contributed by atoms with Crippen molar-refractivity contribution in [1.29, 1.82) is 0 Å². The van der Waals surface area contributed by atoms with Gasteiger partial charge in [-0.05, 0) is 30.0 Å². The molecule has 0 saturated heterocycles. The fourth-order valence-corrected chi connectivity index (χ4v) is 2.25. The van der Waals surface area contributed by atoms with E-state index < -0.39 is 5.97 Å². The molecule has 1 N–H and O–H groups in total. The summed E-state index contributed by atoms with van der Waals surface area (Å²) in [5.74, 6) is -0.364. The lowest BCUT2D eigenvalue weighted by molar-refractivity contribution is 0.0685. The van der Waals surface area contributed by atoms with E-state index in [2.05, 4.69) is 13.8 Å². The van der Waals surface area contributed by atoms with Crippen LogP contribution in [0.1, 0.15) is 35.6 Å². The molecule has 1 aromatic heterocycles. The van der Waals surface area contributed by atoms with Gasteiger partial charge in [0.2, 0.25) is 0 Å². The third-order valence-electron chi connectivity index (χ3n) is 3.09. The molecule has 0 radical (unpaired) electrons. The van der Waals surface area contributed by atoms with Gasteiger partial charge in [-0.2, -0.15) is 0 Å². The van der Waals surface area contributed by atoms with Crippen LogP contribution in [0, 0.1) is 5.92 Å². The zero-order valence-corrected chi connectivity index (χ0v) is 11.3. The number of hydrogen-bond acceptors (Lipinski definition) is 1. The molecule has 0 spiro atoms. The number of carboxylic acid groups (broad SMARTS) is 1. The second-order valence-electron chi connectivity index (χ2n) is 5.18. The van der Waals surface area contributed by atoms with Crippen LogP contribution in [0.4, 0.5) is 0 Å². The van der Waals surface area contributed by atoms with Crippen molar-refractivity contribution >= 4 is 5.97 Å². The molecule has 0 aliphatic carbocycles. The maximum atomic E-state index is 11.3. The van der Waals surface area contributed by atoms with Crippen molar-refractivity contribution in [3.63, 3.8) is 0 Å². The molecule has 0 unspecified atom stereocenters. The molecule has 0 aliphatic rings. The van der Waals surface area contributed by atoms with Gasteiger partial charge in [0.15, 0.2) is 0 Å². The topological polar surface area (TPSA) is 42.2 Å². The molecule has 0 saturated carbocycles. The lowest BCUT2D eigenvalue weighted by atomic mass is 10.1. The molecule has 3 heteroatoms. The Morgan fingerprint density at radius 3 is 2.42 bits per heavy atom. The van der Waals surface area contributed by atoms with Crippen LogP contribution in [0.3, 0.4) is 0 Å². The number of aromatic nitrogens is 1. The zero-order chi connectivity index (χ0) is 13.8. The van der Waals surface area contributed by atoms with Crippen LogP contribution in [-0.2, 0) is 13.0 Å². The molecule has 1 aromatic carbocycles. The Morgan fingerprint density at radius 2 is 1.84 bits per heavy atom. The first kappa shape index (κ1) is 13.4. The van der Waals surface area contributed by atoms with Gasteiger partial charge in [0.05, 0.1) is 0 Å². The number of carbonyl (C=O) groups is 1. The molecule has 2 aromatic rings. The average molecular weight is 257 g/mol. The zero-order valence-electron chi connectivity index (χ0n) is 11.3. The molecule has 19 heavy (non-hydrogen) atoms. The molecule has 100 valence electrons. The Kier molecular flexibility index (Phi) is 4.05. The van der Waals surface area contributed by atoms with Gasteiger partial charge in [0.25, 0.3) is 0 Å². The van der Waals surface area contributed by atoms with Crippen molar-refractivity contribution < 1.29 is 9.90 Å². The van der Waals surface area contributed by atoms with Crippen LogP contribution in [0.5, 0.6) is 0 Å². The van der Waals surface area contributed by atoms with E-state index in [9.17, 15) is 9.90 Å². The number of carboxylic acids is 1. The Balaban J connectivity index is 2.35. The third kappa shape index (κ3) is 3.25. The van der Waals surface area contributed by atoms with Crippen molar-refractivity contribution in [2.24, 2.45) is 5.92 Å². The van der Waals surface area contributed by atoms with Gasteiger partial charge in [-0.1, -0.05) is 44.2 Å². The SMILES string of the molecule is CC(C)Cc1ccc(C(=O)O)n1Cc1ccccc1. The summed E-state index contributed by atoms with van der Waals surface area (Å²) in [6.45, 7) is 4.89. The lowest BCUT2D eigenvalue weighted by Gasteiger charge is -2.13. The van der Waals surface area contributed by atoms with Gasteiger partial charge in [0, 0.05) is 12.2 Å². The Bertz CT molecular complexity index is 555. The summed E-state index contributed by atoms with van der Waals surface area (Å²) in [6.07, 6.45) is 0.889. The molecule has 3 nitrogen and oxygen atoms in total. The van der Waals surface area contributed by atoms with Gasteiger partial charge in [-0.3, -0.25) is 0 Å². The van der Waals surface area contributed by atoms with E-state index in [1.165, 1.54) is 0 Å². The van der Waals surface area contributed by atoms with Gasteiger partial charge < -0.3 is 9.67 Å². The maximum absolute atomic E-state index is 11.3. The van der Waals surface area contributed by atoms with E-state index in [4.69, 9.17) is 0 Å². The maximum Gasteiger partial charge on any atom is 0.352 e. The summed E-state index contributed by atoms with van der Waals surface area (Å²) in [7, 11) is 0. The Hall–Kier alpha value is -2.03. The van der Waals surface area contributed by atoms with E-state index in [1.54, 1.807) is 6.07 Å². The number of nitrogens with zero attached hydrogens (tertiary/aromatic N) is 1. The second-order valence-corrected chi connectivity index (χ2v) is 5.18. The van der Waals surface area contributed by atoms with Gasteiger partial charge in [-0.25, -0.2) is 4.79 Å². The first-order chi connectivity index (χ1) is 9.08. The quantitative estimate of drug-likeness (QED) is 0.891. The first-order valence-electron chi connectivity index (χ1n) is 6.53. The number of benzene rings is 1. The minimum atomic E-state index is -0.870. The van der Waals surface area contributed by atoms with Crippen LogP contribution in [-0.4, -0.2) is 15.6 Å². The highest BCUT2D eigenvalue weighted by Gasteiger charge is 2.14. The lowest BCUT2D eigenvalue weighted by Crippen LogP contribution is -2.13. The highest BCUT2D eigenvalue weighted by Crippen LogP contribution is 2.16. The fourth-order valence-electron chi connectivity index (χ4n) is 2.25. The molecule has 0 amide bonds. The number of rotatable bonds is 5. The molecular weight excluding hydrogens is 238 g/mol. The monoisotopic (exact) mass is 257 g/mol. The minimum Gasteiger partial charge on any atom is -0.477 e. The highest BCUT2D eigenvalue weighted by atomic mass is 16.4. The summed E-state index contributed by atoms with van der Waals surface area (Å²) >= 11 is 0. The van der Waals surface area contributed by atoms with Crippen molar-refractivity contribution in [1.82, 2.24) is 4.57 Å². The van der Waals surface area contributed by atoms with E-state index in [0.29, 0.717) is 18.2 Å². The fraction of sp³-hybridized carbons (Fsp3) is 0.312. The van der Waals surface area contributed by atoms with Gasteiger partial charge in [0.1, 0.15) is 5.69 Å². The number of hydrogen-bond donors (Lipinski definition) is 1. The molecule has 0 aliphatic heterocycles. The van der Waals surface area contributed by atoms with E-state index >= 15 is 0 Å². The minimum absolute atomic E-state index is 0.361. The van der Waals surface area contributed by atoms with Crippen LogP contribution in [0.2, 0.25) is 0 Å². The van der Waals surface area contributed by atoms with Crippen molar-refractivity contribution in [2.75, 3.05) is 0 Å². The predicted octanol–water partition coefficient (Wildman–Crippen LogP) is 3.43. The predicted molar refractivity (Wildman–Crippen MR) is 75.5 cm³/mol. The molecule has 0 bridgehead atoms. The van der Waals surface area contributed by atoms with Gasteiger partial charge >= 0.3 is 5.97 Å².